The molecule has 43 heavy (non-hydrogen) atoms. The Hall–Kier alpha value is -3.19. The van der Waals surface area contributed by atoms with Gasteiger partial charge in [-0.15, -0.1) is 0 Å². The summed E-state index contributed by atoms with van der Waals surface area (Å²) >= 11 is 7.66. The summed E-state index contributed by atoms with van der Waals surface area (Å²) in [4.78, 5) is 4.62. The molecular weight excluding hydrogens is 625 g/mol. The lowest BCUT2D eigenvalue weighted by molar-refractivity contribution is 0.251. The fraction of sp³-hybridized carbons (Fsp3) is 0.300. The van der Waals surface area contributed by atoms with E-state index < -0.39 is 33.0 Å². The fourth-order valence-electron chi connectivity index (χ4n) is 4.31. The Morgan fingerprint density at radius 3 is 2.37 bits per heavy atom. The first-order chi connectivity index (χ1) is 20.3. The van der Waals surface area contributed by atoms with Gasteiger partial charge in [0.25, 0.3) is 10.1 Å². The predicted octanol–water partition coefficient (Wildman–Crippen LogP) is 7.31. The van der Waals surface area contributed by atoms with Crippen molar-refractivity contribution in [1.82, 2.24) is 9.55 Å². The zero-order chi connectivity index (χ0) is 31.4. The van der Waals surface area contributed by atoms with Crippen molar-refractivity contribution < 1.29 is 35.2 Å². The molecule has 0 saturated heterocycles. The summed E-state index contributed by atoms with van der Waals surface area (Å²) < 4.78 is 82.4. The number of hydrogen-bond donors (Lipinski definition) is 0. The van der Waals surface area contributed by atoms with Gasteiger partial charge >= 0.3 is 0 Å². The summed E-state index contributed by atoms with van der Waals surface area (Å²) in [6.45, 7) is 3.95. The molecule has 1 aromatic heterocycles. The molecule has 0 aliphatic rings. The first-order valence-corrected chi connectivity index (χ1v) is 16.2. The average Bonchev–Trinajstić information content (AvgIpc) is 3.37. The van der Waals surface area contributed by atoms with Crippen molar-refractivity contribution in [2.24, 2.45) is 0 Å². The Balaban J connectivity index is 1.59. The zero-order valence-corrected chi connectivity index (χ0v) is 26.3. The highest BCUT2D eigenvalue weighted by Gasteiger charge is 2.30. The van der Waals surface area contributed by atoms with Crippen molar-refractivity contribution >= 4 is 33.5 Å². The van der Waals surface area contributed by atoms with Crippen molar-refractivity contribution in [3.05, 3.63) is 100 Å². The molecule has 0 saturated carbocycles. The Labute approximate surface area is 258 Å². The molecule has 0 bridgehead atoms. The number of aromatic nitrogens is 2. The SMILES string of the molecule is COc1cc(C(C)(C)c2cnc(SCc3c(F)cc(OCCCOS(C)(=O)=O)cc3Cl)n2-c2ccc(F)cc2)ccc1F. The minimum atomic E-state index is -3.55. The van der Waals surface area contributed by atoms with Gasteiger partial charge in [-0.25, -0.2) is 18.2 Å². The van der Waals surface area contributed by atoms with E-state index in [0.29, 0.717) is 10.8 Å². The number of thioether (sulfide) groups is 1. The molecule has 0 fully saturated rings. The smallest absolute Gasteiger partial charge is 0.264 e. The van der Waals surface area contributed by atoms with Gasteiger partial charge in [-0.05, 0) is 48.0 Å². The number of hydrogen-bond acceptors (Lipinski definition) is 7. The van der Waals surface area contributed by atoms with Crippen molar-refractivity contribution in [3.63, 3.8) is 0 Å². The Morgan fingerprint density at radius 2 is 1.72 bits per heavy atom. The topological polar surface area (TPSA) is 79.7 Å². The van der Waals surface area contributed by atoms with Gasteiger partial charge in [-0.2, -0.15) is 8.42 Å². The summed E-state index contributed by atoms with van der Waals surface area (Å²) in [6, 6.07) is 13.2. The highest BCUT2D eigenvalue weighted by Crippen LogP contribution is 2.39. The number of methoxy groups -OCH3 is 1. The normalized spacial score (nSPS) is 12.0. The van der Waals surface area contributed by atoms with Gasteiger partial charge < -0.3 is 9.47 Å². The molecule has 0 spiro atoms. The minimum absolute atomic E-state index is 0.0576. The predicted molar refractivity (Wildman–Crippen MR) is 160 cm³/mol. The van der Waals surface area contributed by atoms with Crippen LogP contribution in [-0.2, 0) is 25.5 Å². The maximum Gasteiger partial charge on any atom is 0.264 e. The maximum absolute atomic E-state index is 15.1. The summed E-state index contributed by atoms with van der Waals surface area (Å²) in [7, 11) is -2.15. The molecular formula is C30H30ClF3N2O5S2. The van der Waals surface area contributed by atoms with Crippen LogP contribution < -0.4 is 9.47 Å². The lowest BCUT2D eigenvalue weighted by atomic mass is 9.81. The highest BCUT2D eigenvalue weighted by atomic mass is 35.5. The second kappa shape index (κ2) is 13.6. The van der Waals surface area contributed by atoms with E-state index in [0.717, 1.165) is 17.5 Å². The highest BCUT2D eigenvalue weighted by molar-refractivity contribution is 7.98. The van der Waals surface area contributed by atoms with Gasteiger partial charge in [-0.3, -0.25) is 8.75 Å². The van der Waals surface area contributed by atoms with Crippen LogP contribution in [0.2, 0.25) is 5.02 Å². The van der Waals surface area contributed by atoms with Crippen LogP contribution in [0.15, 0.2) is 66.0 Å². The molecule has 1 heterocycles. The van der Waals surface area contributed by atoms with Gasteiger partial charge in [0.15, 0.2) is 16.7 Å². The van der Waals surface area contributed by atoms with Crippen LogP contribution in [0.1, 0.15) is 37.1 Å². The summed E-state index contributed by atoms with van der Waals surface area (Å²) in [5.74, 6) is -1.05. The lowest BCUT2D eigenvalue weighted by Crippen LogP contribution is -2.23. The Bertz CT molecular complexity index is 1670. The largest absolute Gasteiger partial charge is 0.494 e. The van der Waals surface area contributed by atoms with E-state index in [1.165, 1.54) is 49.2 Å². The molecule has 4 rings (SSSR count). The number of halogens is 4. The maximum atomic E-state index is 15.1. The van der Waals surface area contributed by atoms with Gasteiger partial charge in [0.05, 0.1) is 43.5 Å². The molecule has 13 heteroatoms. The van der Waals surface area contributed by atoms with Gasteiger partial charge in [-0.1, -0.05) is 43.3 Å². The monoisotopic (exact) mass is 654 g/mol. The molecule has 0 aliphatic carbocycles. The standard InChI is InChI=1S/C30H30ClF3N2O5S2/c1-30(2,19-6-11-25(33)27(14-19)39-3)28-17-35-29(36(28)21-9-7-20(32)8-10-21)42-18-23-24(31)15-22(16-26(23)34)40-12-5-13-41-43(4,37)38/h6-11,14-17H,5,12-13,18H2,1-4H3. The molecule has 4 aromatic rings. The molecule has 0 N–H and O–H groups in total. The Morgan fingerprint density at radius 1 is 1.00 bits per heavy atom. The molecule has 3 aromatic carbocycles. The number of rotatable bonds is 13. The molecule has 0 amide bonds. The first-order valence-electron chi connectivity index (χ1n) is 13.1. The third-order valence-corrected chi connectivity index (χ3v) is 8.55. The number of benzene rings is 3. The van der Waals surface area contributed by atoms with Crippen LogP contribution in [-0.4, -0.2) is 44.5 Å². The average molecular weight is 655 g/mol. The molecule has 0 aliphatic heterocycles. The van der Waals surface area contributed by atoms with E-state index in [-0.39, 0.29) is 47.5 Å². The lowest BCUT2D eigenvalue weighted by Gasteiger charge is -2.28. The first kappa shape index (κ1) is 32.7. The molecule has 230 valence electrons. The second-order valence-electron chi connectivity index (χ2n) is 10.1. The van der Waals surface area contributed by atoms with E-state index in [1.54, 1.807) is 30.5 Å². The number of nitrogens with zero attached hydrogens (tertiary/aromatic N) is 2. The summed E-state index contributed by atoms with van der Waals surface area (Å²) in [5.41, 5.74) is 1.66. The van der Waals surface area contributed by atoms with Crippen LogP contribution in [0.3, 0.4) is 0 Å². The molecule has 0 unspecified atom stereocenters. The van der Waals surface area contributed by atoms with Crippen LogP contribution in [0, 0.1) is 17.5 Å². The van der Waals surface area contributed by atoms with E-state index in [2.05, 4.69) is 9.17 Å². The van der Waals surface area contributed by atoms with E-state index in [4.69, 9.17) is 21.1 Å². The molecule has 0 atom stereocenters. The fourth-order valence-corrected chi connectivity index (χ4v) is 6.10. The van der Waals surface area contributed by atoms with Crippen LogP contribution >= 0.6 is 23.4 Å². The van der Waals surface area contributed by atoms with E-state index in [1.807, 2.05) is 18.4 Å². The van der Waals surface area contributed by atoms with Crippen LogP contribution in [0.25, 0.3) is 5.69 Å². The molecule has 0 radical (unpaired) electrons. The third-order valence-electron chi connectivity index (χ3n) is 6.64. The van der Waals surface area contributed by atoms with E-state index in [9.17, 15) is 17.2 Å². The van der Waals surface area contributed by atoms with Crippen molar-refractivity contribution in [2.75, 3.05) is 26.6 Å². The zero-order valence-electron chi connectivity index (χ0n) is 23.9. The van der Waals surface area contributed by atoms with Gasteiger partial charge in [0, 0.05) is 34.9 Å². The van der Waals surface area contributed by atoms with Gasteiger partial charge in [0.2, 0.25) is 0 Å². The minimum Gasteiger partial charge on any atom is -0.494 e. The molecule has 7 nitrogen and oxygen atoms in total. The van der Waals surface area contributed by atoms with Crippen molar-refractivity contribution in [2.45, 2.75) is 36.6 Å². The van der Waals surface area contributed by atoms with Crippen molar-refractivity contribution in [1.29, 1.82) is 0 Å². The van der Waals surface area contributed by atoms with Gasteiger partial charge in [0.1, 0.15) is 17.4 Å². The van der Waals surface area contributed by atoms with Crippen molar-refractivity contribution in [3.8, 4) is 17.2 Å². The summed E-state index contributed by atoms with van der Waals surface area (Å²) in [5, 5.41) is 0.652. The number of ether oxygens (including phenoxy) is 2. The Kier molecular flexibility index (Phi) is 10.4. The van der Waals surface area contributed by atoms with E-state index >= 15 is 4.39 Å². The summed E-state index contributed by atoms with van der Waals surface area (Å²) in [6.07, 6.45) is 2.92. The van der Waals surface area contributed by atoms with Crippen LogP contribution in [0.5, 0.6) is 11.5 Å². The second-order valence-corrected chi connectivity index (χ2v) is 13.1. The third kappa shape index (κ3) is 8.05. The number of imidazole rings is 1. The quantitative estimate of drug-likeness (QED) is 0.0849. The van der Waals surface area contributed by atoms with Crippen LogP contribution in [0.4, 0.5) is 13.2 Å².